The van der Waals surface area contributed by atoms with Gasteiger partial charge in [0.2, 0.25) is 0 Å². The first-order valence-corrected chi connectivity index (χ1v) is 5.74. The molecule has 0 aliphatic rings. The van der Waals surface area contributed by atoms with Gasteiger partial charge in [-0.25, -0.2) is 0 Å². The summed E-state index contributed by atoms with van der Waals surface area (Å²) in [6.45, 7) is 1.30. The van der Waals surface area contributed by atoms with Crippen LogP contribution in [-0.4, -0.2) is 18.0 Å². The molecule has 2 rings (SSSR count). The lowest BCUT2D eigenvalue weighted by Crippen LogP contribution is -2.36. The van der Waals surface area contributed by atoms with Crippen molar-refractivity contribution in [3.05, 3.63) is 54.2 Å². The van der Waals surface area contributed by atoms with Crippen molar-refractivity contribution >= 4 is 5.96 Å². The molecule has 0 radical (unpaired) electrons. The van der Waals surface area contributed by atoms with E-state index in [1.807, 2.05) is 30.5 Å². The lowest BCUT2D eigenvalue weighted by molar-refractivity contribution is 0.501. The summed E-state index contributed by atoms with van der Waals surface area (Å²) < 4.78 is 5.24. The number of aliphatic imine (C=N–C) groups is 1. The Bertz CT molecular complexity index is 479. The Morgan fingerprint density at radius 3 is 2.83 bits per heavy atom. The predicted octanol–water partition coefficient (Wildman–Crippen LogP) is 1.54. The SMILES string of the molecule is CN=C(NCc1cccnc1)NCc1ccco1. The van der Waals surface area contributed by atoms with E-state index < -0.39 is 0 Å². The zero-order valence-corrected chi connectivity index (χ0v) is 10.3. The molecule has 0 aromatic carbocycles. The Morgan fingerprint density at radius 1 is 1.28 bits per heavy atom. The molecule has 0 bridgehead atoms. The predicted molar refractivity (Wildman–Crippen MR) is 70.0 cm³/mol. The quantitative estimate of drug-likeness (QED) is 0.632. The number of nitrogens with one attached hydrogen (secondary N) is 2. The van der Waals surface area contributed by atoms with E-state index in [2.05, 4.69) is 20.6 Å². The highest BCUT2D eigenvalue weighted by Gasteiger charge is 2.00. The van der Waals surface area contributed by atoms with E-state index in [0.717, 1.165) is 17.3 Å². The third-order valence-electron chi connectivity index (χ3n) is 2.42. The highest BCUT2D eigenvalue weighted by molar-refractivity contribution is 5.79. The van der Waals surface area contributed by atoms with Gasteiger partial charge in [-0.3, -0.25) is 9.98 Å². The van der Waals surface area contributed by atoms with Crippen molar-refractivity contribution in [1.29, 1.82) is 0 Å². The molecule has 2 N–H and O–H groups in total. The topological polar surface area (TPSA) is 62.5 Å². The van der Waals surface area contributed by atoms with E-state index in [1.54, 1.807) is 19.5 Å². The molecular formula is C13H16N4O. The standard InChI is InChI=1S/C13H16N4O/c1-14-13(17-10-12-5-3-7-18-12)16-9-11-4-2-6-15-8-11/h2-8H,9-10H2,1H3,(H2,14,16,17). The fraction of sp³-hybridized carbons (Fsp3) is 0.231. The van der Waals surface area contributed by atoms with E-state index in [4.69, 9.17) is 4.42 Å². The maximum atomic E-state index is 5.24. The normalized spacial score (nSPS) is 11.3. The number of aromatic nitrogens is 1. The fourth-order valence-corrected chi connectivity index (χ4v) is 1.49. The molecule has 0 atom stereocenters. The average molecular weight is 244 g/mol. The second-order valence-corrected chi connectivity index (χ2v) is 3.72. The molecule has 0 aliphatic carbocycles. The number of furan rings is 1. The largest absolute Gasteiger partial charge is 0.467 e. The minimum Gasteiger partial charge on any atom is -0.467 e. The summed E-state index contributed by atoms with van der Waals surface area (Å²) in [4.78, 5) is 8.19. The van der Waals surface area contributed by atoms with Crippen LogP contribution in [0.25, 0.3) is 0 Å². The smallest absolute Gasteiger partial charge is 0.191 e. The number of pyridine rings is 1. The van der Waals surface area contributed by atoms with Gasteiger partial charge in [0.25, 0.3) is 0 Å². The van der Waals surface area contributed by atoms with Crippen LogP contribution in [0.1, 0.15) is 11.3 Å². The number of rotatable bonds is 4. The van der Waals surface area contributed by atoms with Gasteiger partial charge in [-0.15, -0.1) is 0 Å². The van der Waals surface area contributed by atoms with Gasteiger partial charge in [0, 0.05) is 26.0 Å². The van der Waals surface area contributed by atoms with E-state index in [0.29, 0.717) is 13.1 Å². The fourth-order valence-electron chi connectivity index (χ4n) is 1.49. The maximum Gasteiger partial charge on any atom is 0.191 e. The summed E-state index contributed by atoms with van der Waals surface area (Å²) in [6, 6.07) is 7.71. The molecule has 0 saturated heterocycles. The first-order chi connectivity index (χ1) is 8.88. The van der Waals surface area contributed by atoms with Gasteiger partial charge in [0.05, 0.1) is 12.8 Å². The Balaban J connectivity index is 1.79. The van der Waals surface area contributed by atoms with Gasteiger partial charge in [0.15, 0.2) is 5.96 Å². The van der Waals surface area contributed by atoms with E-state index in [-0.39, 0.29) is 0 Å². The Morgan fingerprint density at radius 2 is 2.17 bits per heavy atom. The molecule has 0 fully saturated rings. The molecule has 0 amide bonds. The molecule has 0 spiro atoms. The molecule has 5 heteroatoms. The van der Waals surface area contributed by atoms with Crippen molar-refractivity contribution in [1.82, 2.24) is 15.6 Å². The van der Waals surface area contributed by atoms with E-state index in [9.17, 15) is 0 Å². The van der Waals surface area contributed by atoms with Gasteiger partial charge < -0.3 is 15.1 Å². The van der Waals surface area contributed by atoms with Crippen LogP contribution in [-0.2, 0) is 13.1 Å². The van der Waals surface area contributed by atoms with Crippen molar-refractivity contribution in [2.75, 3.05) is 7.05 Å². The highest BCUT2D eigenvalue weighted by Crippen LogP contribution is 1.98. The van der Waals surface area contributed by atoms with Crippen molar-refractivity contribution < 1.29 is 4.42 Å². The van der Waals surface area contributed by atoms with Crippen LogP contribution in [0.2, 0.25) is 0 Å². The van der Waals surface area contributed by atoms with Crippen LogP contribution in [0, 0.1) is 0 Å². The maximum absolute atomic E-state index is 5.24. The molecule has 5 nitrogen and oxygen atoms in total. The lowest BCUT2D eigenvalue weighted by atomic mass is 10.3. The summed E-state index contributed by atoms with van der Waals surface area (Å²) in [7, 11) is 1.74. The summed E-state index contributed by atoms with van der Waals surface area (Å²) in [5.74, 6) is 1.61. The van der Waals surface area contributed by atoms with Gasteiger partial charge in [-0.1, -0.05) is 6.07 Å². The zero-order chi connectivity index (χ0) is 12.6. The molecule has 2 aromatic rings. The lowest BCUT2D eigenvalue weighted by Gasteiger charge is -2.10. The van der Waals surface area contributed by atoms with Crippen LogP contribution >= 0.6 is 0 Å². The van der Waals surface area contributed by atoms with E-state index in [1.165, 1.54) is 0 Å². The third kappa shape index (κ3) is 3.62. The molecular weight excluding hydrogens is 228 g/mol. The second-order valence-electron chi connectivity index (χ2n) is 3.72. The molecule has 0 aliphatic heterocycles. The van der Waals surface area contributed by atoms with Crippen LogP contribution in [0.4, 0.5) is 0 Å². The highest BCUT2D eigenvalue weighted by atomic mass is 16.3. The Kier molecular flexibility index (Phi) is 4.35. The van der Waals surface area contributed by atoms with Gasteiger partial charge in [0.1, 0.15) is 5.76 Å². The third-order valence-corrected chi connectivity index (χ3v) is 2.42. The monoisotopic (exact) mass is 244 g/mol. The molecule has 2 aromatic heterocycles. The first-order valence-electron chi connectivity index (χ1n) is 5.74. The average Bonchev–Trinajstić information content (AvgIpc) is 2.93. The van der Waals surface area contributed by atoms with Gasteiger partial charge >= 0.3 is 0 Å². The van der Waals surface area contributed by atoms with Gasteiger partial charge in [-0.05, 0) is 23.8 Å². The molecule has 18 heavy (non-hydrogen) atoms. The van der Waals surface area contributed by atoms with Crippen molar-refractivity contribution in [2.45, 2.75) is 13.1 Å². The van der Waals surface area contributed by atoms with Crippen molar-refractivity contribution in [3.63, 3.8) is 0 Å². The minimum absolute atomic E-state index is 0.611. The van der Waals surface area contributed by atoms with Crippen molar-refractivity contribution in [3.8, 4) is 0 Å². The van der Waals surface area contributed by atoms with Crippen LogP contribution < -0.4 is 10.6 Å². The number of hydrogen-bond acceptors (Lipinski definition) is 3. The second kappa shape index (κ2) is 6.44. The zero-order valence-electron chi connectivity index (χ0n) is 10.3. The molecule has 94 valence electrons. The minimum atomic E-state index is 0.611. The summed E-state index contributed by atoms with van der Waals surface area (Å²) in [5.41, 5.74) is 1.11. The Labute approximate surface area is 106 Å². The molecule has 0 saturated carbocycles. The Hall–Kier alpha value is -2.30. The van der Waals surface area contributed by atoms with Crippen LogP contribution in [0.15, 0.2) is 52.3 Å². The summed E-state index contributed by atoms with van der Waals surface area (Å²) >= 11 is 0. The summed E-state index contributed by atoms with van der Waals surface area (Å²) in [5, 5.41) is 6.37. The van der Waals surface area contributed by atoms with Crippen LogP contribution in [0.5, 0.6) is 0 Å². The summed E-state index contributed by atoms with van der Waals surface area (Å²) in [6.07, 6.45) is 5.24. The number of hydrogen-bond donors (Lipinski definition) is 2. The van der Waals surface area contributed by atoms with Crippen molar-refractivity contribution in [2.24, 2.45) is 4.99 Å². The molecule has 2 heterocycles. The number of nitrogens with zero attached hydrogens (tertiary/aromatic N) is 2. The van der Waals surface area contributed by atoms with E-state index >= 15 is 0 Å². The van der Waals surface area contributed by atoms with Crippen LogP contribution in [0.3, 0.4) is 0 Å². The molecule has 0 unspecified atom stereocenters. The van der Waals surface area contributed by atoms with Gasteiger partial charge in [-0.2, -0.15) is 0 Å². The first kappa shape index (κ1) is 12.2. The number of guanidine groups is 1.